The van der Waals surface area contributed by atoms with Gasteiger partial charge in [-0.2, -0.15) is 15.5 Å². The van der Waals surface area contributed by atoms with Crippen molar-refractivity contribution >= 4 is 35.2 Å². The summed E-state index contributed by atoms with van der Waals surface area (Å²) >= 11 is 0. The molecule has 0 unspecified atom stereocenters. The molecule has 0 atom stereocenters. The number of hydrogen-bond acceptors (Lipinski definition) is 7. The SMILES string of the molecule is Cc1cc(C=CC#N)cc(C)c1Nc1cc(C(=O)O)nc(Nc2ccc(C#N)cc2)n1. The third kappa shape index (κ3) is 5.22. The van der Waals surface area contributed by atoms with Crippen LogP contribution in [0.4, 0.5) is 23.1 Å². The summed E-state index contributed by atoms with van der Waals surface area (Å²) in [6.07, 6.45) is 3.13. The molecule has 3 N–H and O–H groups in total. The maximum atomic E-state index is 11.6. The summed E-state index contributed by atoms with van der Waals surface area (Å²) in [7, 11) is 0. The Bertz CT molecular complexity index is 1230. The molecule has 2 aromatic carbocycles. The van der Waals surface area contributed by atoms with Gasteiger partial charge in [-0.1, -0.05) is 0 Å². The largest absolute Gasteiger partial charge is 0.477 e. The number of nitrogens with one attached hydrogen (secondary N) is 2. The molecular formula is C23H18N6O2. The van der Waals surface area contributed by atoms with Gasteiger partial charge in [-0.15, -0.1) is 0 Å². The monoisotopic (exact) mass is 410 g/mol. The molecular weight excluding hydrogens is 392 g/mol. The number of benzene rings is 2. The minimum atomic E-state index is -1.18. The lowest BCUT2D eigenvalue weighted by molar-refractivity contribution is 0.0690. The zero-order valence-electron chi connectivity index (χ0n) is 16.8. The summed E-state index contributed by atoms with van der Waals surface area (Å²) in [5, 5.41) is 33.2. The van der Waals surface area contributed by atoms with E-state index in [0.29, 0.717) is 17.1 Å². The van der Waals surface area contributed by atoms with Crippen molar-refractivity contribution in [1.29, 1.82) is 10.5 Å². The van der Waals surface area contributed by atoms with Gasteiger partial charge in [0.05, 0.1) is 17.7 Å². The number of allylic oxidation sites excluding steroid dienone is 1. The predicted octanol–water partition coefficient (Wildman–Crippen LogP) is 4.69. The number of aromatic carboxylic acids is 1. The maximum Gasteiger partial charge on any atom is 0.354 e. The third-order valence-corrected chi connectivity index (χ3v) is 4.37. The number of rotatable bonds is 6. The molecule has 1 aromatic heterocycles. The normalized spacial score (nSPS) is 10.3. The highest BCUT2D eigenvalue weighted by Crippen LogP contribution is 2.27. The highest BCUT2D eigenvalue weighted by atomic mass is 16.4. The fourth-order valence-corrected chi connectivity index (χ4v) is 2.99. The summed E-state index contributed by atoms with van der Waals surface area (Å²) in [4.78, 5) is 20.0. The van der Waals surface area contributed by atoms with Crippen molar-refractivity contribution in [2.24, 2.45) is 0 Å². The minimum Gasteiger partial charge on any atom is -0.477 e. The van der Waals surface area contributed by atoms with E-state index in [-0.39, 0.29) is 11.6 Å². The van der Waals surface area contributed by atoms with Gasteiger partial charge < -0.3 is 15.7 Å². The van der Waals surface area contributed by atoms with Crippen molar-refractivity contribution in [3.8, 4) is 12.1 Å². The van der Waals surface area contributed by atoms with Gasteiger partial charge in [0.2, 0.25) is 5.95 Å². The molecule has 3 aromatic rings. The Morgan fingerprint density at radius 3 is 2.29 bits per heavy atom. The number of carboxylic acids is 1. The molecule has 0 amide bonds. The summed E-state index contributed by atoms with van der Waals surface area (Å²) in [6.45, 7) is 3.82. The average Bonchev–Trinajstić information content (AvgIpc) is 2.75. The van der Waals surface area contributed by atoms with Crippen LogP contribution in [0.3, 0.4) is 0 Å². The number of carbonyl (C=O) groups is 1. The fraction of sp³-hybridized carbons (Fsp3) is 0.0870. The molecule has 31 heavy (non-hydrogen) atoms. The lowest BCUT2D eigenvalue weighted by Gasteiger charge is -2.15. The molecule has 1 heterocycles. The number of anilines is 4. The molecule has 3 rings (SSSR count). The first-order valence-electron chi connectivity index (χ1n) is 9.23. The van der Waals surface area contributed by atoms with E-state index in [2.05, 4.69) is 20.6 Å². The molecule has 0 aliphatic heterocycles. The van der Waals surface area contributed by atoms with Crippen LogP contribution < -0.4 is 10.6 Å². The molecule has 0 aliphatic carbocycles. The summed E-state index contributed by atoms with van der Waals surface area (Å²) < 4.78 is 0. The van der Waals surface area contributed by atoms with Gasteiger partial charge in [0.15, 0.2) is 5.69 Å². The number of nitrogens with zero attached hydrogens (tertiary/aromatic N) is 4. The molecule has 0 radical (unpaired) electrons. The second-order valence-electron chi connectivity index (χ2n) is 6.70. The van der Waals surface area contributed by atoms with Crippen LogP contribution >= 0.6 is 0 Å². The van der Waals surface area contributed by atoms with E-state index in [0.717, 1.165) is 22.4 Å². The Morgan fingerprint density at radius 1 is 1.03 bits per heavy atom. The third-order valence-electron chi connectivity index (χ3n) is 4.37. The number of aryl methyl sites for hydroxylation is 2. The average molecular weight is 410 g/mol. The lowest BCUT2D eigenvalue weighted by atomic mass is 10.0. The Labute approximate surface area is 179 Å². The van der Waals surface area contributed by atoms with Crippen molar-refractivity contribution in [2.75, 3.05) is 10.6 Å². The second kappa shape index (κ2) is 9.21. The van der Waals surface area contributed by atoms with E-state index in [1.165, 1.54) is 12.1 Å². The van der Waals surface area contributed by atoms with E-state index in [9.17, 15) is 9.90 Å². The van der Waals surface area contributed by atoms with E-state index in [1.54, 1.807) is 30.3 Å². The maximum absolute atomic E-state index is 11.6. The molecule has 152 valence electrons. The zero-order chi connectivity index (χ0) is 22.4. The van der Waals surface area contributed by atoms with Crippen LogP contribution in [0.25, 0.3) is 6.08 Å². The zero-order valence-corrected chi connectivity index (χ0v) is 16.8. The van der Waals surface area contributed by atoms with Crippen molar-refractivity contribution in [1.82, 2.24) is 9.97 Å². The van der Waals surface area contributed by atoms with Crippen molar-refractivity contribution in [2.45, 2.75) is 13.8 Å². The number of aromatic nitrogens is 2. The van der Waals surface area contributed by atoms with Gasteiger partial charge >= 0.3 is 5.97 Å². The summed E-state index contributed by atoms with van der Waals surface area (Å²) in [5.74, 6) is -0.759. The van der Waals surface area contributed by atoms with Gasteiger partial charge in [-0.25, -0.2) is 9.78 Å². The number of carboxylic acid groups (broad SMARTS) is 1. The highest BCUT2D eigenvalue weighted by molar-refractivity contribution is 5.87. The Kier molecular flexibility index (Phi) is 6.24. The Morgan fingerprint density at radius 2 is 1.71 bits per heavy atom. The number of hydrogen-bond donors (Lipinski definition) is 3. The van der Waals surface area contributed by atoms with Gasteiger partial charge in [0, 0.05) is 23.5 Å². The fourth-order valence-electron chi connectivity index (χ4n) is 2.99. The first kappa shape index (κ1) is 21.0. The van der Waals surface area contributed by atoms with Crippen LogP contribution in [-0.2, 0) is 0 Å². The predicted molar refractivity (Wildman–Crippen MR) is 117 cm³/mol. The Balaban J connectivity index is 1.94. The van der Waals surface area contributed by atoms with Crippen LogP contribution in [0.2, 0.25) is 0 Å². The van der Waals surface area contributed by atoms with Crippen LogP contribution in [0.1, 0.15) is 32.7 Å². The first-order chi connectivity index (χ1) is 14.9. The van der Waals surface area contributed by atoms with Crippen LogP contribution in [0.5, 0.6) is 0 Å². The van der Waals surface area contributed by atoms with E-state index < -0.39 is 5.97 Å². The van der Waals surface area contributed by atoms with Gasteiger partial charge in [-0.05, 0) is 73.0 Å². The standard InChI is InChI=1S/C23H18N6O2/c1-14-10-17(4-3-9-24)11-15(2)21(14)28-20-12-19(22(30)31)27-23(29-20)26-18-7-5-16(13-25)6-8-18/h3-8,10-12H,1-2H3,(H,30,31)(H2,26,27,28,29). The quantitative estimate of drug-likeness (QED) is 0.498. The van der Waals surface area contributed by atoms with Gasteiger partial charge in [-0.3, -0.25) is 0 Å². The van der Waals surface area contributed by atoms with Gasteiger partial charge in [0.25, 0.3) is 0 Å². The smallest absolute Gasteiger partial charge is 0.354 e. The number of nitriles is 2. The van der Waals surface area contributed by atoms with Gasteiger partial charge in [0.1, 0.15) is 5.82 Å². The van der Waals surface area contributed by atoms with E-state index >= 15 is 0 Å². The van der Waals surface area contributed by atoms with Crippen LogP contribution in [0.15, 0.2) is 48.5 Å². The molecule has 8 nitrogen and oxygen atoms in total. The molecule has 0 saturated carbocycles. The molecule has 0 saturated heterocycles. The molecule has 0 bridgehead atoms. The summed E-state index contributed by atoms with van der Waals surface area (Å²) in [6, 6.07) is 15.8. The topological polar surface area (TPSA) is 135 Å². The lowest BCUT2D eigenvalue weighted by Crippen LogP contribution is -2.08. The Hall–Kier alpha value is -4.69. The van der Waals surface area contributed by atoms with E-state index in [4.69, 9.17) is 10.5 Å². The molecule has 0 aliphatic rings. The van der Waals surface area contributed by atoms with Crippen molar-refractivity contribution in [3.63, 3.8) is 0 Å². The van der Waals surface area contributed by atoms with Crippen molar-refractivity contribution in [3.05, 3.63) is 76.5 Å². The molecule has 8 heteroatoms. The summed E-state index contributed by atoms with van der Waals surface area (Å²) in [5.41, 5.74) is 4.45. The van der Waals surface area contributed by atoms with Crippen LogP contribution in [0, 0.1) is 36.5 Å². The minimum absolute atomic E-state index is 0.107. The second-order valence-corrected chi connectivity index (χ2v) is 6.70. The first-order valence-corrected chi connectivity index (χ1v) is 9.23. The highest BCUT2D eigenvalue weighted by Gasteiger charge is 2.13. The van der Waals surface area contributed by atoms with Crippen molar-refractivity contribution < 1.29 is 9.90 Å². The van der Waals surface area contributed by atoms with E-state index in [1.807, 2.05) is 38.1 Å². The molecule has 0 spiro atoms. The molecule has 0 fully saturated rings. The van der Waals surface area contributed by atoms with Crippen LogP contribution in [-0.4, -0.2) is 21.0 Å².